The number of hydrogen-bond donors (Lipinski definition) is 2. The molecule has 0 radical (unpaired) electrons. The average molecular weight is 296 g/mol. The Morgan fingerprint density at radius 2 is 1.62 bits per heavy atom. The number of halogens is 2. The molecule has 5 heteroatoms. The van der Waals surface area contributed by atoms with E-state index in [1.807, 2.05) is 0 Å². The molecule has 3 nitrogen and oxygen atoms in total. The van der Waals surface area contributed by atoms with E-state index >= 15 is 0 Å². The SMILES string of the molecule is CC1(C)CC(NC(=O)c2c(F)cccc2F)CC(C)(C)N1. The molecule has 1 aromatic carbocycles. The zero-order valence-corrected chi connectivity index (χ0v) is 12.9. The van der Waals surface area contributed by atoms with Crippen molar-refractivity contribution >= 4 is 5.91 Å². The van der Waals surface area contributed by atoms with E-state index in [2.05, 4.69) is 38.3 Å². The molecule has 0 bridgehead atoms. The minimum Gasteiger partial charge on any atom is -0.349 e. The van der Waals surface area contributed by atoms with Gasteiger partial charge >= 0.3 is 0 Å². The van der Waals surface area contributed by atoms with E-state index in [1.165, 1.54) is 6.07 Å². The van der Waals surface area contributed by atoms with Crippen molar-refractivity contribution in [1.82, 2.24) is 10.6 Å². The summed E-state index contributed by atoms with van der Waals surface area (Å²) in [5.74, 6) is -2.36. The van der Waals surface area contributed by atoms with Gasteiger partial charge < -0.3 is 10.6 Å². The summed E-state index contributed by atoms with van der Waals surface area (Å²) in [4.78, 5) is 12.2. The van der Waals surface area contributed by atoms with Gasteiger partial charge in [-0.05, 0) is 52.7 Å². The Balaban J connectivity index is 2.16. The van der Waals surface area contributed by atoms with Crippen LogP contribution in [0.15, 0.2) is 18.2 Å². The van der Waals surface area contributed by atoms with Crippen LogP contribution in [0.2, 0.25) is 0 Å². The molecule has 1 fully saturated rings. The molecule has 1 aliphatic heterocycles. The van der Waals surface area contributed by atoms with Crippen molar-refractivity contribution in [1.29, 1.82) is 0 Å². The number of hydrogen-bond acceptors (Lipinski definition) is 2. The molecule has 0 aromatic heterocycles. The predicted octanol–water partition coefficient (Wildman–Crippen LogP) is 3.00. The fourth-order valence-corrected chi connectivity index (χ4v) is 3.40. The van der Waals surface area contributed by atoms with E-state index in [1.54, 1.807) is 0 Å². The van der Waals surface area contributed by atoms with Crippen LogP contribution in [0.5, 0.6) is 0 Å². The standard InChI is InChI=1S/C16H22F2N2O/c1-15(2)8-10(9-16(3,4)20-15)19-14(21)13-11(17)6-5-7-12(13)18/h5-7,10,20H,8-9H2,1-4H3,(H,19,21). The van der Waals surface area contributed by atoms with E-state index < -0.39 is 23.1 Å². The van der Waals surface area contributed by atoms with Crippen LogP contribution in [0.25, 0.3) is 0 Å². The molecule has 116 valence electrons. The van der Waals surface area contributed by atoms with Crippen LogP contribution in [0, 0.1) is 11.6 Å². The first kappa shape index (κ1) is 15.9. The molecule has 1 aliphatic rings. The highest BCUT2D eigenvalue weighted by molar-refractivity contribution is 5.94. The van der Waals surface area contributed by atoms with E-state index in [-0.39, 0.29) is 17.1 Å². The molecule has 0 aliphatic carbocycles. The monoisotopic (exact) mass is 296 g/mol. The lowest BCUT2D eigenvalue weighted by Crippen LogP contribution is -2.62. The summed E-state index contributed by atoms with van der Waals surface area (Å²) in [6.07, 6.45) is 1.41. The van der Waals surface area contributed by atoms with Gasteiger partial charge in [-0.1, -0.05) is 6.07 Å². The van der Waals surface area contributed by atoms with Crippen LogP contribution in [0.4, 0.5) is 8.78 Å². The Bertz CT molecular complexity index is 519. The van der Waals surface area contributed by atoms with Crippen LogP contribution < -0.4 is 10.6 Å². The van der Waals surface area contributed by atoms with Gasteiger partial charge in [-0.2, -0.15) is 0 Å². The predicted molar refractivity (Wildman–Crippen MR) is 78.1 cm³/mol. The van der Waals surface area contributed by atoms with Gasteiger partial charge in [0.15, 0.2) is 0 Å². The largest absolute Gasteiger partial charge is 0.349 e. The minimum atomic E-state index is -0.833. The summed E-state index contributed by atoms with van der Waals surface area (Å²) in [6.45, 7) is 8.21. The average Bonchev–Trinajstić information content (AvgIpc) is 2.23. The number of carbonyl (C=O) groups excluding carboxylic acids is 1. The molecule has 2 rings (SSSR count). The van der Waals surface area contributed by atoms with Crippen LogP contribution in [0.3, 0.4) is 0 Å². The number of piperidine rings is 1. The molecule has 1 amide bonds. The summed E-state index contributed by atoms with van der Waals surface area (Å²) in [5, 5.41) is 6.27. The maximum Gasteiger partial charge on any atom is 0.257 e. The lowest BCUT2D eigenvalue weighted by Gasteiger charge is -2.46. The molecule has 0 saturated carbocycles. The molecule has 1 saturated heterocycles. The maximum absolute atomic E-state index is 13.6. The van der Waals surface area contributed by atoms with Crippen molar-refractivity contribution in [2.24, 2.45) is 0 Å². The number of rotatable bonds is 2. The number of carbonyl (C=O) groups is 1. The third-order valence-electron chi connectivity index (χ3n) is 3.72. The Morgan fingerprint density at radius 1 is 1.14 bits per heavy atom. The fraction of sp³-hybridized carbons (Fsp3) is 0.562. The van der Waals surface area contributed by atoms with E-state index in [0.29, 0.717) is 12.8 Å². The van der Waals surface area contributed by atoms with Gasteiger partial charge in [0.25, 0.3) is 5.91 Å². The zero-order valence-electron chi connectivity index (χ0n) is 12.9. The van der Waals surface area contributed by atoms with Crippen LogP contribution in [-0.4, -0.2) is 23.0 Å². The molecule has 1 aromatic rings. The quantitative estimate of drug-likeness (QED) is 0.881. The van der Waals surface area contributed by atoms with Crippen molar-refractivity contribution in [2.75, 3.05) is 0 Å². The van der Waals surface area contributed by atoms with Crippen molar-refractivity contribution < 1.29 is 13.6 Å². The van der Waals surface area contributed by atoms with Crippen molar-refractivity contribution in [3.05, 3.63) is 35.4 Å². The number of benzene rings is 1. The second-order valence-corrected chi connectivity index (χ2v) is 7.07. The van der Waals surface area contributed by atoms with Crippen LogP contribution >= 0.6 is 0 Å². The first-order chi connectivity index (χ1) is 9.60. The van der Waals surface area contributed by atoms with E-state index in [4.69, 9.17) is 0 Å². The van der Waals surface area contributed by atoms with E-state index in [0.717, 1.165) is 12.1 Å². The summed E-state index contributed by atoms with van der Waals surface area (Å²) in [7, 11) is 0. The molecule has 2 N–H and O–H groups in total. The number of amides is 1. The molecule has 1 heterocycles. The highest BCUT2D eigenvalue weighted by atomic mass is 19.1. The molecular formula is C16H22F2N2O. The minimum absolute atomic E-state index is 0.122. The molecule has 0 atom stereocenters. The summed E-state index contributed by atoms with van der Waals surface area (Å²) < 4.78 is 27.3. The maximum atomic E-state index is 13.6. The Hall–Kier alpha value is -1.49. The highest BCUT2D eigenvalue weighted by Crippen LogP contribution is 2.28. The molecular weight excluding hydrogens is 274 g/mol. The Morgan fingerprint density at radius 3 is 2.10 bits per heavy atom. The second kappa shape index (κ2) is 5.37. The van der Waals surface area contributed by atoms with Crippen molar-refractivity contribution in [3.63, 3.8) is 0 Å². The summed E-state index contributed by atoms with van der Waals surface area (Å²) in [6, 6.07) is 3.31. The summed E-state index contributed by atoms with van der Waals surface area (Å²) in [5.41, 5.74) is -0.798. The molecule has 21 heavy (non-hydrogen) atoms. The topological polar surface area (TPSA) is 41.1 Å². The fourth-order valence-electron chi connectivity index (χ4n) is 3.40. The van der Waals surface area contributed by atoms with Crippen molar-refractivity contribution in [3.8, 4) is 0 Å². The zero-order chi connectivity index (χ0) is 15.8. The lowest BCUT2D eigenvalue weighted by atomic mass is 9.79. The highest BCUT2D eigenvalue weighted by Gasteiger charge is 2.38. The lowest BCUT2D eigenvalue weighted by molar-refractivity contribution is 0.0865. The third-order valence-corrected chi connectivity index (χ3v) is 3.72. The summed E-state index contributed by atoms with van der Waals surface area (Å²) >= 11 is 0. The number of nitrogens with one attached hydrogen (secondary N) is 2. The molecule has 0 spiro atoms. The Labute approximate surface area is 124 Å². The third kappa shape index (κ3) is 3.79. The first-order valence-electron chi connectivity index (χ1n) is 7.14. The van der Waals surface area contributed by atoms with Crippen LogP contribution in [-0.2, 0) is 0 Å². The van der Waals surface area contributed by atoms with Gasteiger partial charge in [-0.3, -0.25) is 4.79 Å². The smallest absolute Gasteiger partial charge is 0.257 e. The second-order valence-electron chi connectivity index (χ2n) is 7.07. The van der Waals surface area contributed by atoms with E-state index in [9.17, 15) is 13.6 Å². The van der Waals surface area contributed by atoms with Crippen molar-refractivity contribution in [2.45, 2.75) is 57.7 Å². The van der Waals surface area contributed by atoms with Gasteiger partial charge in [-0.25, -0.2) is 8.78 Å². The van der Waals surface area contributed by atoms with Gasteiger partial charge in [0.1, 0.15) is 17.2 Å². The molecule has 0 unspecified atom stereocenters. The first-order valence-corrected chi connectivity index (χ1v) is 7.14. The van der Waals surface area contributed by atoms with Gasteiger partial charge in [-0.15, -0.1) is 0 Å². The normalized spacial score (nSPS) is 21.0. The van der Waals surface area contributed by atoms with Gasteiger partial charge in [0.2, 0.25) is 0 Å². The van der Waals surface area contributed by atoms with Gasteiger partial charge in [0, 0.05) is 17.1 Å². The Kier molecular flexibility index (Phi) is 4.06. The van der Waals surface area contributed by atoms with Gasteiger partial charge in [0.05, 0.1) is 0 Å². The van der Waals surface area contributed by atoms with Crippen LogP contribution in [0.1, 0.15) is 50.9 Å².